The van der Waals surface area contributed by atoms with E-state index in [0.717, 1.165) is 25.9 Å². The third-order valence-electron chi connectivity index (χ3n) is 5.86. The molecule has 3 fully saturated rings. The molecular weight excluding hydrogens is 318 g/mol. The maximum Gasteiger partial charge on any atom is 0.253 e. The molecule has 1 amide bonds. The van der Waals surface area contributed by atoms with Gasteiger partial charge in [-0.1, -0.05) is 5.21 Å². The fourth-order valence-electron chi connectivity index (χ4n) is 4.44. The van der Waals surface area contributed by atoms with Crippen molar-refractivity contribution in [1.29, 1.82) is 0 Å². The smallest absolute Gasteiger partial charge is 0.253 e. The highest BCUT2D eigenvalue weighted by Crippen LogP contribution is 2.38. The first-order chi connectivity index (χ1) is 11.5. The highest BCUT2D eigenvalue weighted by atomic mass is 19.3. The van der Waals surface area contributed by atoms with Crippen LogP contribution in [0.2, 0.25) is 0 Å². The number of carbonyl (C=O) groups is 1. The summed E-state index contributed by atoms with van der Waals surface area (Å²) in [5.41, 5.74) is 0. The number of hydrogen-bond donors (Lipinski definition) is 1. The van der Waals surface area contributed by atoms with Gasteiger partial charge in [-0.25, -0.2) is 8.78 Å². The van der Waals surface area contributed by atoms with Crippen molar-refractivity contribution in [2.24, 2.45) is 11.8 Å². The number of rotatable bonds is 3. The van der Waals surface area contributed by atoms with Crippen LogP contribution in [0.15, 0.2) is 0 Å². The van der Waals surface area contributed by atoms with Gasteiger partial charge in [-0.05, 0) is 38.3 Å². The van der Waals surface area contributed by atoms with Gasteiger partial charge in [0, 0.05) is 31.8 Å². The fraction of sp³-hybridized carbons (Fsp3) is 0.867. The number of nitrogens with one attached hydrogen (secondary N) is 1. The third-order valence-corrected chi connectivity index (χ3v) is 5.86. The van der Waals surface area contributed by atoms with Gasteiger partial charge in [0.2, 0.25) is 5.91 Å². The Balaban J connectivity index is 1.44. The predicted octanol–water partition coefficient (Wildman–Crippen LogP) is 0.710. The zero-order valence-corrected chi connectivity index (χ0v) is 13.5. The van der Waals surface area contributed by atoms with Gasteiger partial charge >= 0.3 is 0 Å². The normalized spacial score (nSPS) is 35.2. The Kier molecular flexibility index (Phi) is 3.98. The molecule has 0 aromatic carbocycles. The number of halogens is 2. The van der Waals surface area contributed by atoms with E-state index in [0.29, 0.717) is 18.3 Å². The van der Waals surface area contributed by atoms with Gasteiger partial charge in [0.1, 0.15) is 0 Å². The molecule has 9 heteroatoms. The zero-order valence-electron chi connectivity index (χ0n) is 13.5. The molecule has 0 aliphatic carbocycles. The second kappa shape index (κ2) is 6.02. The minimum Gasteiger partial charge on any atom is -0.341 e. The summed E-state index contributed by atoms with van der Waals surface area (Å²) < 4.78 is 28.9. The molecule has 3 aliphatic rings. The van der Waals surface area contributed by atoms with Crippen LogP contribution < -0.4 is 0 Å². The van der Waals surface area contributed by atoms with Crippen LogP contribution in [-0.4, -0.2) is 74.5 Å². The molecule has 7 nitrogen and oxygen atoms in total. The minimum absolute atomic E-state index is 0.0472. The molecule has 0 saturated carbocycles. The monoisotopic (exact) mass is 340 g/mol. The first-order valence-electron chi connectivity index (χ1n) is 8.67. The van der Waals surface area contributed by atoms with Gasteiger partial charge in [-0.3, -0.25) is 9.69 Å². The Hall–Kier alpha value is -1.64. The van der Waals surface area contributed by atoms with Crippen molar-refractivity contribution in [3.05, 3.63) is 5.82 Å². The molecule has 132 valence electrons. The number of aromatic amines is 1. The third kappa shape index (κ3) is 2.78. The van der Waals surface area contributed by atoms with E-state index in [-0.39, 0.29) is 37.8 Å². The largest absolute Gasteiger partial charge is 0.341 e. The van der Waals surface area contributed by atoms with E-state index < -0.39 is 11.8 Å². The van der Waals surface area contributed by atoms with Crippen molar-refractivity contribution in [1.82, 2.24) is 30.4 Å². The van der Waals surface area contributed by atoms with Crippen LogP contribution in [0.5, 0.6) is 0 Å². The highest BCUT2D eigenvalue weighted by Gasteiger charge is 2.48. The van der Waals surface area contributed by atoms with Crippen LogP contribution in [0.3, 0.4) is 0 Å². The Morgan fingerprint density at radius 1 is 1.21 bits per heavy atom. The number of likely N-dealkylation sites (tertiary alicyclic amines) is 1. The standard InChI is InChI=1S/C15H22F2N6O/c16-15(17)4-8-23(7-3-11(15)9-12-18-20-21-19-12)14(24)13-10-1-5-22(13)6-2-10/h10-11,13H,1-9H2,(H,18,19,20,21). The summed E-state index contributed by atoms with van der Waals surface area (Å²) >= 11 is 0. The molecule has 1 aromatic rings. The molecular formula is C15H22F2N6O. The second-order valence-electron chi connectivity index (χ2n) is 7.17. The van der Waals surface area contributed by atoms with Crippen LogP contribution in [-0.2, 0) is 11.2 Å². The van der Waals surface area contributed by atoms with Crippen molar-refractivity contribution in [3.8, 4) is 0 Å². The van der Waals surface area contributed by atoms with E-state index in [1.807, 2.05) is 0 Å². The highest BCUT2D eigenvalue weighted by molar-refractivity contribution is 5.83. The van der Waals surface area contributed by atoms with Crippen LogP contribution in [0.4, 0.5) is 8.78 Å². The number of hydrogen-bond acceptors (Lipinski definition) is 5. The summed E-state index contributed by atoms with van der Waals surface area (Å²) in [6.07, 6.45) is 2.18. The molecule has 24 heavy (non-hydrogen) atoms. The van der Waals surface area contributed by atoms with E-state index in [4.69, 9.17) is 0 Å². The van der Waals surface area contributed by atoms with Gasteiger partial charge in [-0.2, -0.15) is 5.21 Å². The summed E-state index contributed by atoms with van der Waals surface area (Å²) in [4.78, 5) is 16.7. The van der Waals surface area contributed by atoms with Crippen molar-refractivity contribution >= 4 is 5.91 Å². The van der Waals surface area contributed by atoms with Crippen LogP contribution in [0.25, 0.3) is 0 Å². The summed E-state index contributed by atoms with van der Waals surface area (Å²) in [5, 5.41) is 13.3. The van der Waals surface area contributed by atoms with Crippen LogP contribution in [0, 0.1) is 11.8 Å². The lowest BCUT2D eigenvalue weighted by molar-refractivity contribution is -0.136. The molecule has 1 aromatic heterocycles. The Bertz CT molecular complexity index is 575. The number of nitrogens with zero attached hydrogens (tertiary/aromatic N) is 5. The number of fused-ring (bicyclic) bond motifs is 2. The number of aromatic nitrogens is 4. The topological polar surface area (TPSA) is 78.0 Å². The summed E-state index contributed by atoms with van der Waals surface area (Å²) in [5.74, 6) is -2.90. The minimum atomic E-state index is -2.81. The van der Waals surface area contributed by atoms with Crippen molar-refractivity contribution < 1.29 is 13.6 Å². The maximum atomic E-state index is 14.5. The first-order valence-corrected chi connectivity index (χ1v) is 8.67. The molecule has 4 rings (SSSR count). The number of H-pyrrole nitrogens is 1. The lowest BCUT2D eigenvalue weighted by Crippen LogP contribution is -2.45. The fourth-order valence-corrected chi connectivity index (χ4v) is 4.44. The maximum absolute atomic E-state index is 14.5. The molecule has 0 radical (unpaired) electrons. The molecule has 3 saturated heterocycles. The lowest BCUT2D eigenvalue weighted by Gasteiger charge is -2.27. The summed E-state index contributed by atoms with van der Waals surface area (Å²) in [6.45, 7) is 2.44. The van der Waals surface area contributed by atoms with Gasteiger partial charge in [0.25, 0.3) is 5.92 Å². The first kappa shape index (κ1) is 15.9. The van der Waals surface area contributed by atoms with Gasteiger partial charge in [-0.15, -0.1) is 10.2 Å². The van der Waals surface area contributed by atoms with E-state index in [9.17, 15) is 13.6 Å². The SMILES string of the molecule is O=C(C1C2CCN1CC2)N1CCC(Cc2nn[nH]n2)C(F)(F)CC1. The average molecular weight is 340 g/mol. The second-order valence-corrected chi connectivity index (χ2v) is 7.17. The van der Waals surface area contributed by atoms with E-state index >= 15 is 0 Å². The Labute approximate surface area is 138 Å². The molecule has 2 unspecified atom stereocenters. The van der Waals surface area contributed by atoms with Crippen molar-refractivity contribution in [3.63, 3.8) is 0 Å². The molecule has 3 aliphatic heterocycles. The van der Waals surface area contributed by atoms with Gasteiger partial charge in [0.05, 0.1) is 6.04 Å². The molecule has 2 bridgehead atoms. The van der Waals surface area contributed by atoms with Crippen molar-refractivity contribution in [2.75, 3.05) is 26.2 Å². The predicted molar refractivity (Wildman–Crippen MR) is 80.2 cm³/mol. The van der Waals surface area contributed by atoms with Crippen LogP contribution in [0.1, 0.15) is 31.5 Å². The van der Waals surface area contributed by atoms with Gasteiger partial charge < -0.3 is 4.90 Å². The lowest BCUT2D eigenvalue weighted by atomic mass is 9.92. The summed E-state index contributed by atoms with van der Waals surface area (Å²) in [6, 6.07) is -0.0765. The molecule has 0 spiro atoms. The quantitative estimate of drug-likeness (QED) is 0.877. The van der Waals surface area contributed by atoms with Crippen molar-refractivity contribution in [2.45, 2.75) is 44.1 Å². The Morgan fingerprint density at radius 3 is 2.62 bits per heavy atom. The van der Waals surface area contributed by atoms with E-state index in [1.165, 1.54) is 0 Å². The van der Waals surface area contributed by atoms with Crippen LogP contribution >= 0.6 is 0 Å². The van der Waals surface area contributed by atoms with E-state index in [1.54, 1.807) is 4.90 Å². The molecule has 4 heterocycles. The average Bonchev–Trinajstić information content (AvgIpc) is 3.28. The number of amides is 1. The number of tetrazole rings is 1. The Morgan fingerprint density at radius 2 is 2.00 bits per heavy atom. The number of piperidine rings is 1. The van der Waals surface area contributed by atoms with E-state index in [2.05, 4.69) is 25.5 Å². The number of alkyl halides is 2. The zero-order chi connectivity index (χ0) is 16.7. The molecule has 1 N–H and O–H groups in total. The molecule has 2 atom stereocenters. The van der Waals surface area contributed by atoms with Gasteiger partial charge in [0.15, 0.2) is 5.82 Å². The number of carbonyl (C=O) groups excluding carboxylic acids is 1. The summed E-state index contributed by atoms with van der Waals surface area (Å²) in [7, 11) is 0.